The molecular weight excluding hydrogens is 317 g/mol. The zero-order valence-corrected chi connectivity index (χ0v) is 12.4. The van der Waals surface area contributed by atoms with Crippen LogP contribution in [-0.2, 0) is 0 Å². The number of halogens is 3. The van der Waals surface area contributed by atoms with Crippen molar-refractivity contribution in [3.05, 3.63) is 63.9 Å². The van der Waals surface area contributed by atoms with Gasteiger partial charge in [-0.2, -0.15) is 4.98 Å². The smallest absolute Gasteiger partial charge is 0.203 e. The average molecular weight is 325 g/mol. The summed E-state index contributed by atoms with van der Waals surface area (Å²) < 4.78 is 1.54. The molecule has 0 aliphatic carbocycles. The summed E-state index contributed by atoms with van der Waals surface area (Å²) in [4.78, 5) is 4.23. The summed E-state index contributed by atoms with van der Waals surface area (Å²) in [5.41, 5.74) is 1.40. The van der Waals surface area contributed by atoms with Crippen molar-refractivity contribution < 1.29 is 0 Å². The van der Waals surface area contributed by atoms with Gasteiger partial charge in [0.2, 0.25) is 5.28 Å². The molecule has 0 aliphatic heterocycles. The van der Waals surface area contributed by atoms with Crippen molar-refractivity contribution in [3.8, 4) is 17.1 Å². The van der Waals surface area contributed by atoms with E-state index in [9.17, 15) is 0 Å². The third-order valence-corrected chi connectivity index (χ3v) is 3.63. The number of nitrogens with zero attached hydrogens (tertiary/aromatic N) is 3. The van der Waals surface area contributed by atoms with E-state index in [1.165, 1.54) is 4.68 Å². The molecule has 0 fully saturated rings. The highest BCUT2D eigenvalue weighted by Gasteiger charge is 2.16. The molecule has 0 N–H and O–H groups in total. The molecule has 0 saturated heterocycles. The summed E-state index contributed by atoms with van der Waals surface area (Å²) in [5.74, 6) is 0.398. The van der Waals surface area contributed by atoms with E-state index in [0.29, 0.717) is 21.4 Å². The van der Waals surface area contributed by atoms with E-state index < -0.39 is 0 Å². The van der Waals surface area contributed by atoms with Crippen LogP contribution in [0.1, 0.15) is 0 Å². The number of rotatable bonds is 2. The Morgan fingerprint density at radius 3 is 2.10 bits per heavy atom. The van der Waals surface area contributed by atoms with Crippen molar-refractivity contribution in [2.24, 2.45) is 0 Å². The zero-order valence-electron chi connectivity index (χ0n) is 10.1. The van der Waals surface area contributed by atoms with Crippen LogP contribution in [-0.4, -0.2) is 14.8 Å². The second-order valence-corrected chi connectivity index (χ2v) is 5.20. The van der Waals surface area contributed by atoms with Crippen LogP contribution in [0, 0.1) is 0 Å². The lowest BCUT2D eigenvalue weighted by atomic mass is 10.2. The Morgan fingerprint density at radius 1 is 0.800 bits per heavy atom. The maximum Gasteiger partial charge on any atom is 0.226 e. The molecule has 3 rings (SSSR count). The number of hydrogen-bond acceptors (Lipinski definition) is 2. The molecule has 0 unspecified atom stereocenters. The molecule has 1 aromatic heterocycles. The van der Waals surface area contributed by atoms with E-state index in [1.807, 2.05) is 30.3 Å². The highest BCUT2D eigenvalue weighted by molar-refractivity contribution is 6.39. The van der Waals surface area contributed by atoms with Crippen LogP contribution in [0.15, 0.2) is 48.5 Å². The minimum absolute atomic E-state index is 0.252. The Labute approximate surface area is 130 Å². The van der Waals surface area contributed by atoms with Crippen LogP contribution < -0.4 is 0 Å². The van der Waals surface area contributed by atoms with E-state index in [4.69, 9.17) is 34.8 Å². The van der Waals surface area contributed by atoms with Crippen LogP contribution >= 0.6 is 34.8 Å². The lowest BCUT2D eigenvalue weighted by Crippen LogP contribution is -1.96. The molecule has 0 amide bonds. The highest BCUT2D eigenvalue weighted by atomic mass is 35.5. The van der Waals surface area contributed by atoms with Gasteiger partial charge in [0.05, 0.1) is 21.3 Å². The van der Waals surface area contributed by atoms with Crippen molar-refractivity contribution in [1.82, 2.24) is 14.8 Å². The maximum atomic E-state index is 6.15. The Balaban J connectivity index is 2.15. The highest BCUT2D eigenvalue weighted by Crippen LogP contribution is 2.33. The van der Waals surface area contributed by atoms with E-state index in [0.717, 1.165) is 5.69 Å². The molecular formula is C14H8Cl3N3. The van der Waals surface area contributed by atoms with Crippen LogP contribution in [0.3, 0.4) is 0 Å². The van der Waals surface area contributed by atoms with Gasteiger partial charge in [-0.1, -0.05) is 47.5 Å². The van der Waals surface area contributed by atoms with Gasteiger partial charge in [-0.15, -0.1) is 5.10 Å². The molecule has 100 valence electrons. The summed E-state index contributed by atoms with van der Waals surface area (Å²) in [7, 11) is 0. The first kappa shape index (κ1) is 13.4. The maximum absolute atomic E-state index is 6.15. The van der Waals surface area contributed by atoms with E-state index in [-0.39, 0.29) is 5.28 Å². The van der Waals surface area contributed by atoms with Gasteiger partial charge in [-0.3, -0.25) is 0 Å². The number of benzene rings is 2. The fourth-order valence-corrected chi connectivity index (χ4v) is 2.63. The largest absolute Gasteiger partial charge is 0.226 e. The first-order chi connectivity index (χ1) is 9.66. The summed E-state index contributed by atoms with van der Waals surface area (Å²) in [5, 5.41) is 5.60. The van der Waals surface area contributed by atoms with Gasteiger partial charge in [0.15, 0.2) is 5.82 Å². The lowest BCUT2D eigenvalue weighted by molar-refractivity contribution is 0.883. The van der Waals surface area contributed by atoms with E-state index in [2.05, 4.69) is 10.1 Å². The molecule has 20 heavy (non-hydrogen) atoms. The first-order valence-corrected chi connectivity index (χ1v) is 6.92. The molecule has 0 spiro atoms. The monoisotopic (exact) mass is 323 g/mol. The van der Waals surface area contributed by atoms with Crippen molar-refractivity contribution >= 4 is 34.8 Å². The minimum atomic E-state index is 0.252. The average Bonchev–Trinajstić information content (AvgIpc) is 2.81. The molecule has 2 aromatic carbocycles. The van der Waals surface area contributed by atoms with Crippen LogP contribution in [0.2, 0.25) is 15.3 Å². The van der Waals surface area contributed by atoms with Crippen molar-refractivity contribution in [2.75, 3.05) is 0 Å². The van der Waals surface area contributed by atoms with Crippen LogP contribution in [0.5, 0.6) is 0 Å². The van der Waals surface area contributed by atoms with Gasteiger partial charge in [0, 0.05) is 0 Å². The third-order valence-electron chi connectivity index (χ3n) is 2.75. The van der Waals surface area contributed by atoms with Gasteiger partial charge < -0.3 is 0 Å². The summed E-state index contributed by atoms with van der Waals surface area (Å²) >= 11 is 18.4. The first-order valence-electron chi connectivity index (χ1n) is 5.79. The zero-order chi connectivity index (χ0) is 14.1. The molecule has 3 nitrogen and oxygen atoms in total. The molecule has 1 heterocycles. The molecule has 0 radical (unpaired) electrons. The topological polar surface area (TPSA) is 30.7 Å². The van der Waals surface area contributed by atoms with Crippen molar-refractivity contribution in [2.45, 2.75) is 0 Å². The predicted molar refractivity (Wildman–Crippen MR) is 81.8 cm³/mol. The standard InChI is InChI=1S/C14H8Cl3N3/c15-10-7-4-8-11(16)12(10)13-18-14(17)20(19-13)9-5-2-1-3-6-9/h1-8H. The second-order valence-electron chi connectivity index (χ2n) is 4.05. The molecule has 6 heteroatoms. The fraction of sp³-hybridized carbons (Fsp3) is 0. The fourth-order valence-electron chi connectivity index (χ4n) is 1.84. The third kappa shape index (κ3) is 2.40. The van der Waals surface area contributed by atoms with Crippen molar-refractivity contribution in [3.63, 3.8) is 0 Å². The Morgan fingerprint density at radius 2 is 1.45 bits per heavy atom. The number of para-hydroxylation sites is 1. The van der Waals surface area contributed by atoms with Gasteiger partial charge >= 0.3 is 0 Å². The van der Waals surface area contributed by atoms with Gasteiger partial charge in [-0.05, 0) is 35.9 Å². The normalized spacial score (nSPS) is 10.8. The summed E-state index contributed by atoms with van der Waals surface area (Å²) in [6.45, 7) is 0. The molecule has 0 atom stereocenters. The Hall–Kier alpha value is -1.55. The summed E-state index contributed by atoms with van der Waals surface area (Å²) in [6.07, 6.45) is 0. The molecule has 3 aromatic rings. The van der Waals surface area contributed by atoms with Crippen LogP contribution in [0.4, 0.5) is 0 Å². The second kappa shape index (κ2) is 5.44. The number of aromatic nitrogens is 3. The minimum Gasteiger partial charge on any atom is -0.203 e. The van der Waals surface area contributed by atoms with Gasteiger partial charge in [0.1, 0.15) is 0 Å². The Bertz CT molecular complexity index is 733. The molecule has 0 aliphatic rings. The van der Waals surface area contributed by atoms with Crippen LogP contribution in [0.25, 0.3) is 17.1 Å². The lowest BCUT2D eigenvalue weighted by Gasteiger charge is -2.02. The number of hydrogen-bond donors (Lipinski definition) is 0. The molecule has 0 bridgehead atoms. The quantitative estimate of drug-likeness (QED) is 0.671. The molecule has 0 saturated carbocycles. The SMILES string of the molecule is Clc1cccc(Cl)c1-c1nc(Cl)n(-c2ccccc2)n1. The summed E-state index contributed by atoms with van der Waals surface area (Å²) in [6, 6.07) is 14.7. The van der Waals surface area contributed by atoms with E-state index in [1.54, 1.807) is 18.2 Å². The van der Waals surface area contributed by atoms with Gasteiger partial charge in [0.25, 0.3) is 0 Å². The Kier molecular flexibility index (Phi) is 3.66. The predicted octanol–water partition coefficient (Wildman–Crippen LogP) is 4.89. The van der Waals surface area contributed by atoms with Crippen molar-refractivity contribution in [1.29, 1.82) is 0 Å². The van der Waals surface area contributed by atoms with E-state index >= 15 is 0 Å². The van der Waals surface area contributed by atoms with Gasteiger partial charge in [-0.25, -0.2) is 4.68 Å².